The van der Waals surface area contributed by atoms with Gasteiger partial charge in [-0.25, -0.2) is 0 Å². The van der Waals surface area contributed by atoms with Crippen LogP contribution in [-0.4, -0.2) is 32.2 Å². The first kappa shape index (κ1) is 17.8. The van der Waals surface area contributed by atoms with E-state index in [1.165, 1.54) is 23.1 Å². The number of amides is 2. The highest BCUT2D eigenvalue weighted by Crippen LogP contribution is 2.29. The van der Waals surface area contributed by atoms with E-state index in [0.29, 0.717) is 10.2 Å². The third kappa shape index (κ3) is 3.61. The SMILES string of the molecule is O=C(CSc1nnc2sc3ccccc3n12)NNC(=O)c1ccccc1Cl. The maximum absolute atomic E-state index is 12.1. The van der Waals surface area contributed by atoms with Gasteiger partial charge in [-0.05, 0) is 24.3 Å². The van der Waals surface area contributed by atoms with Gasteiger partial charge in [0.05, 0.1) is 26.6 Å². The topological polar surface area (TPSA) is 88.4 Å². The number of thiazole rings is 1. The predicted octanol–water partition coefficient (Wildman–Crippen LogP) is 3.15. The zero-order valence-corrected chi connectivity index (χ0v) is 16.1. The first-order valence-electron chi connectivity index (χ1n) is 7.82. The molecule has 0 aliphatic rings. The third-order valence-corrected chi connectivity index (χ3v) is 5.95. The summed E-state index contributed by atoms with van der Waals surface area (Å²) < 4.78 is 3.01. The van der Waals surface area contributed by atoms with Crippen LogP contribution in [0.25, 0.3) is 15.2 Å². The average molecular weight is 418 g/mol. The van der Waals surface area contributed by atoms with E-state index in [1.807, 2.05) is 28.7 Å². The molecule has 0 unspecified atom stereocenters. The lowest BCUT2D eigenvalue weighted by molar-refractivity contribution is -0.119. The molecule has 4 rings (SSSR count). The molecule has 4 aromatic rings. The molecule has 2 heterocycles. The van der Waals surface area contributed by atoms with Gasteiger partial charge in [-0.2, -0.15) is 0 Å². The normalized spacial score (nSPS) is 11.0. The number of benzene rings is 2. The molecule has 7 nitrogen and oxygen atoms in total. The Morgan fingerprint density at radius 2 is 1.85 bits per heavy atom. The van der Waals surface area contributed by atoms with Crippen molar-refractivity contribution >= 4 is 61.7 Å². The number of hydrogen-bond donors (Lipinski definition) is 2. The Labute approximate surface area is 166 Å². The van der Waals surface area contributed by atoms with E-state index in [1.54, 1.807) is 24.3 Å². The maximum atomic E-state index is 12.1. The molecule has 2 aromatic carbocycles. The van der Waals surface area contributed by atoms with Crippen molar-refractivity contribution in [2.45, 2.75) is 5.16 Å². The van der Waals surface area contributed by atoms with Gasteiger partial charge >= 0.3 is 0 Å². The molecule has 2 amide bonds. The molecule has 0 bridgehead atoms. The van der Waals surface area contributed by atoms with Gasteiger partial charge in [-0.1, -0.05) is 59.0 Å². The highest BCUT2D eigenvalue weighted by Gasteiger charge is 2.15. The van der Waals surface area contributed by atoms with Crippen LogP contribution in [-0.2, 0) is 4.79 Å². The van der Waals surface area contributed by atoms with Crippen LogP contribution in [0.3, 0.4) is 0 Å². The van der Waals surface area contributed by atoms with Crippen LogP contribution in [0, 0.1) is 0 Å². The molecule has 0 radical (unpaired) electrons. The molecule has 0 fully saturated rings. The maximum Gasteiger partial charge on any atom is 0.271 e. The number of carbonyl (C=O) groups excluding carboxylic acids is 2. The third-order valence-electron chi connectivity index (χ3n) is 3.68. The first-order chi connectivity index (χ1) is 13.1. The van der Waals surface area contributed by atoms with Gasteiger partial charge < -0.3 is 0 Å². The van der Waals surface area contributed by atoms with Crippen LogP contribution in [0.5, 0.6) is 0 Å². The fourth-order valence-corrected chi connectivity index (χ4v) is 4.44. The van der Waals surface area contributed by atoms with E-state index in [0.717, 1.165) is 15.2 Å². The lowest BCUT2D eigenvalue weighted by Gasteiger charge is -2.07. The number of thioether (sulfide) groups is 1. The minimum atomic E-state index is -0.479. The Bertz CT molecular complexity index is 1160. The molecule has 0 aliphatic carbocycles. The summed E-state index contributed by atoms with van der Waals surface area (Å²) in [5.74, 6) is -0.766. The van der Waals surface area contributed by atoms with Crippen molar-refractivity contribution in [2.24, 2.45) is 0 Å². The lowest BCUT2D eigenvalue weighted by Crippen LogP contribution is -2.42. The van der Waals surface area contributed by atoms with Crippen LogP contribution in [0.15, 0.2) is 53.7 Å². The van der Waals surface area contributed by atoms with Crippen molar-refractivity contribution in [3.8, 4) is 0 Å². The number of hydrogen-bond acceptors (Lipinski definition) is 6. The summed E-state index contributed by atoms with van der Waals surface area (Å²) in [6, 6.07) is 14.5. The molecule has 2 N–H and O–H groups in total. The highest BCUT2D eigenvalue weighted by molar-refractivity contribution is 7.99. The van der Waals surface area contributed by atoms with Crippen LogP contribution in [0.1, 0.15) is 10.4 Å². The van der Waals surface area contributed by atoms with E-state index in [-0.39, 0.29) is 17.2 Å². The lowest BCUT2D eigenvalue weighted by atomic mass is 10.2. The molecule has 0 saturated heterocycles. The molecule has 0 atom stereocenters. The van der Waals surface area contributed by atoms with E-state index in [9.17, 15) is 9.59 Å². The number of hydrazine groups is 1. The van der Waals surface area contributed by atoms with Gasteiger partial charge in [-0.3, -0.25) is 24.8 Å². The Kier molecular flexibility index (Phi) is 4.97. The molecule has 0 saturated carbocycles. The fraction of sp³-hybridized carbons (Fsp3) is 0.0588. The van der Waals surface area contributed by atoms with Gasteiger partial charge in [0.2, 0.25) is 10.9 Å². The molecule has 10 heteroatoms. The molecule has 27 heavy (non-hydrogen) atoms. The van der Waals surface area contributed by atoms with Crippen LogP contribution >= 0.6 is 34.7 Å². The minimum Gasteiger partial charge on any atom is -0.272 e. The van der Waals surface area contributed by atoms with Crippen molar-refractivity contribution in [3.05, 3.63) is 59.1 Å². The van der Waals surface area contributed by atoms with Gasteiger partial charge in [-0.15, -0.1) is 10.2 Å². The molecular formula is C17H12ClN5O2S2. The summed E-state index contributed by atoms with van der Waals surface area (Å²) >= 11 is 8.74. The molecule has 2 aromatic heterocycles. The van der Waals surface area contributed by atoms with Gasteiger partial charge in [0.15, 0.2) is 5.16 Å². The molecule has 0 aliphatic heterocycles. The summed E-state index contributed by atoms with van der Waals surface area (Å²) in [6.07, 6.45) is 0. The summed E-state index contributed by atoms with van der Waals surface area (Å²) in [7, 11) is 0. The Morgan fingerprint density at radius 3 is 2.70 bits per heavy atom. The summed E-state index contributed by atoms with van der Waals surface area (Å²) in [4.78, 5) is 24.9. The number of para-hydroxylation sites is 1. The summed E-state index contributed by atoms with van der Waals surface area (Å²) in [6.45, 7) is 0. The summed E-state index contributed by atoms with van der Waals surface area (Å²) in [5.41, 5.74) is 6.02. The van der Waals surface area contributed by atoms with Crippen molar-refractivity contribution < 1.29 is 9.59 Å². The average Bonchev–Trinajstić information content (AvgIpc) is 3.24. The largest absolute Gasteiger partial charge is 0.272 e. The van der Waals surface area contributed by atoms with E-state index < -0.39 is 5.91 Å². The van der Waals surface area contributed by atoms with Crippen molar-refractivity contribution in [1.82, 2.24) is 25.4 Å². The Morgan fingerprint density at radius 1 is 1.07 bits per heavy atom. The second-order valence-electron chi connectivity index (χ2n) is 5.44. The smallest absolute Gasteiger partial charge is 0.271 e. The van der Waals surface area contributed by atoms with Crippen LogP contribution < -0.4 is 10.9 Å². The van der Waals surface area contributed by atoms with Crippen molar-refractivity contribution in [1.29, 1.82) is 0 Å². The highest BCUT2D eigenvalue weighted by atomic mass is 35.5. The van der Waals surface area contributed by atoms with E-state index in [4.69, 9.17) is 11.6 Å². The van der Waals surface area contributed by atoms with E-state index in [2.05, 4.69) is 21.0 Å². The number of fused-ring (bicyclic) bond motifs is 3. The number of halogens is 1. The number of aromatic nitrogens is 3. The predicted molar refractivity (Wildman–Crippen MR) is 106 cm³/mol. The Balaban J connectivity index is 1.39. The second kappa shape index (κ2) is 7.55. The zero-order valence-electron chi connectivity index (χ0n) is 13.7. The van der Waals surface area contributed by atoms with Crippen LogP contribution in [0.4, 0.5) is 0 Å². The fourth-order valence-electron chi connectivity index (χ4n) is 2.45. The van der Waals surface area contributed by atoms with Crippen molar-refractivity contribution in [2.75, 3.05) is 5.75 Å². The van der Waals surface area contributed by atoms with Crippen LogP contribution in [0.2, 0.25) is 5.02 Å². The van der Waals surface area contributed by atoms with Gasteiger partial charge in [0.1, 0.15) is 0 Å². The molecule has 136 valence electrons. The zero-order chi connectivity index (χ0) is 18.8. The minimum absolute atomic E-state index is 0.0772. The summed E-state index contributed by atoms with van der Waals surface area (Å²) in [5, 5.41) is 9.22. The molecular weight excluding hydrogens is 406 g/mol. The van der Waals surface area contributed by atoms with Gasteiger partial charge in [0.25, 0.3) is 5.91 Å². The number of nitrogens with one attached hydrogen (secondary N) is 2. The number of rotatable bonds is 4. The van der Waals surface area contributed by atoms with E-state index >= 15 is 0 Å². The van der Waals surface area contributed by atoms with Crippen molar-refractivity contribution in [3.63, 3.8) is 0 Å². The quantitative estimate of drug-likeness (QED) is 0.393. The number of nitrogens with zero attached hydrogens (tertiary/aromatic N) is 3. The van der Waals surface area contributed by atoms with Gasteiger partial charge in [0, 0.05) is 0 Å². The second-order valence-corrected chi connectivity index (χ2v) is 7.80. The monoisotopic (exact) mass is 417 g/mol. The number of carbonyl (C=O) groups is 2. The first-order valence-corrected chi connectivity index (χ1v) is 10.0. The standard InChI is InChI=1S/C17H12ClN5O2S2/c18-11-6-2-1-5-10(11)15(25)20-19-14(24)9-26-16-21-22-17-23(16)12-7-3-4-8-13(12)27-17/h1-8H,9H2,(H,19,24)(H,20,25). The molecule has 0 spiro atoms. The Hall–Kier alpha value is -2.62.